The SMILES string of the molecule is O=C(NCCNS(=O)(=O)c1ccccc1)C1CC(=O)N(Cc2ccccc2)C1. The van der Waals surface area contributed by atoms with Crippen molar-refractivity contribution in [2.45, 2.75) is 17.9 Å². The molecule has 0 spiro atoms. The number of nitrogens with one attached hydrogen (secondary N) is 2. The Kier molecular flexibility index (Phi) is 6.43. The fourth-order valence-electron chi connectivity index (χ4n) is 3.10. The van der Waals surface area contributed by atoms with E-state index in [0.717, 1.165) is 5.56 Å². The quantitative estimate of drug-likeness (QED) is 0.648. The van der Waals surface area contributed by atoms with Crippen LogP contribution in [0, 0.1) is 5.92 Å². The third-order valence-corrected chi connectivity index (χ3v) is 6.05. The smallest absolute Gasteiger partial charge is 0.240 e. The zero-order valence-electron chi connectivity index (χ0n) is 15.4. The van der Waals surface area contributed by atoms with Crippen LogP contribution in [0.1, 0.15) is 12.0 Å². The van der Waals surface area contributed by atoms with E-state index in [4.69, 9.17) is 0 Å². The lowest BCUT2D eigenvalue weighted by atomic mass is 10.1. The average Bonchev–Trinajstić information content (AvgIpc) is 3.07. The highest BCUT2D eigenvalue weighted by Crippen LogP contribution is 2.20. The summed E-state index contributed by atoms with van der Waals surface area (Å²) >= 11 is 0. The van der Waals surface area contributed by atoms with Crippen LogP contribution in [-0.4, -0.2) is 44.8 Å². The Bertz CT molecular complexity index is 917. The molecule has 1 aliphatic rings. The van der Waals surface area contributed by atoms with Gasteiger partial charge in [0, 0.05) is 32.6 Å². The predicted octanol–water partition coefficient (Wildman–Crippen LogP) is 1.13. The largest absolute Gasteiger partial charge is 0.354 e. The van der Waals surface area contributed by atoms with Crippen molar-refractivity contribution in [3.8, 4) is 0 Å². The Labute approximate surface area is 164 Å². The van der Waals surface area contributed by atoms with Crippen molar-refractivity contribution in [1.82, 2.24) is 14.9 Å². The summed E-state index contributed by atoms with van der Waals surface area (Å²) in [6.45, 7) is 1.10. The van der Waals surface area contributed by atoms with Gasteiger partial charge in [0.05, 0.1) is 10.8 Å². The van der Waals surface area contributed by atoms with Crippen molar-refractivity contribution < 1.29 is 18.0 Å². The third kappa shape index (κ3) is 5.17. The van der Waals surface area contributed by atoms with Gasteiger partial charge in [-0.3, -0.25) is 9.59 Å². The van der Waals surface area contributed by atoms with E-state index in [0.29, 0.717) is 13.1 Å². The van der Waals surface area contributed by atoms with Crippen LogP contribution in [0.2, 0.25) is 0 Å². The van der Waals surface area contributed by atoms with Crippen LogP contribution in [0.4, 0.5) is 0 Å². The summed E-state index contributed by atoms with van der Waals surface area (Å²) in [6.07, 6.45) is 0.175. The summed E-state index contributed by atoms with van der Waals surface area (Å²) in [5.41, 5.74) is 1.02. The van der Waals surface area contributed by atoms with E-state index in [2.05, 4.69) is 10.0 Å². The highest BCUT2D eigenvalue weighted by molar-refractivity contribution is 7.89. The van der Waals surface area contributed by atoms with Crippen LogP contribution < -0.4 is 10.0 Å². The fourth-order valence-corrected chi connectivity index (χ4v) is 4.16. The first-order chi connectivity index (χ1) is 13.5. The minimum Gasteiger partial charge on any atom is -0.354 e. The van der Waals surface area contributed by atoms with Crippen LogP contribution in [0.5, 0.6) is 0 Å². The molecule has 28 heavy (non-hydrogen) atoms. The van der Waals surface area contributed by atoms with Gasteiger partial charge in [-0.1, -0.05) is 48.5 Å². The molecule has 8 heteroatoms. The first-order valence-corrected chi connectivity index (χ1v) is 10.6. The lowest BCUT2D eigenvalue weighted by molar-refractivity contribution is -0.129. The zero-order valence-corrected chi connectivity index (χ0v) is 16.2. The summed E-state index contributed by atoms with van der Waals surface area (Å²) in [7, 11) is -3.59. The molecule has 1 fully saturated rings. The van der Waals surface area contributed by atoms with Crippen molar-refractivity contribution in [1.29, 1.82) is 0 Å². The lowest BCUT2D eigenvalue weighted by Crippen LogP contribution is -2.38. The van der Waals surface area contributed by atoms with Crippen molar-refractivity contribution in [2.24, 2.45) is 5.92 Å². The number of carbonyl (C=O) groups excluding carboxylic acids is 2. The molecule has 3 rings (SSSR count). The molecule has 148 valence electrons. The number of sulfonamides is 1. The number of rotatable bonds is 8. The van der Waals surface area contributed by atoms with E-state index >= 15 is 0 Å². The van der Waals surface area contributed by atoms with Crippen molar-refractivity contribution in [3.05, 3.63) is 66.2 Å². The summed E-state index contributed by atoms with van der Waals surface area (Å²) in [6, 6.07) is 17.7. The zero-order chi connectivity index (χ0) is 20.0. The van der Waals surface area contributed by atoms with E-state index in [1.54, 1.807) is 23.1 Å². The maximum atomic E-state index is 12.3. The van der Waals surface area contributed by atoms with Gasteiger partial charge >= 0.3 is 0 Å². The number of likely N-dealkylation sites (tertiary alicyclic amines) is 1. The second kappa shape index (κ2) is 8.99. The third-order valence-electron chi connectivity index (χ3n) is 4.57. The molecule has 0 bridgehead atoms. The average molecular weight is 401 g/mol. The van der Waals surface area contributed by atoms with Crippen LogP contribution in [0.3, 0.4) is 0 Å². The molecule has 7 nitrogen and oxygen atoms in total. The molecule has 0 radical (unpaired) electrons. The molecule has 1 saturated heterocycles. The maximum Gasteiger partial charge on any atom is 0.240 e. The second-order valence-electron chi connectivity index (χ2n) is 6.66. The van der Waals surface area contributed by atoms with Crippen LogP contribution in [-0.2, 0) is 26.2 Å². The molecule has 1 aliphatic heterocycles. The summed E-state index contributed by atoms with van der Waals surface area (Å²) < 4.78 is 26.7. The van der Waals surface area contributed by atoms with E-state index in [1.807, 2.05) is 30.3 Å². The first kappa shape index (κ1) is 20.0. The topological polar surface area (TPSA) is 95.6 Å². The second-order valence-corrected chi connectivity index (χ2v) is 8.43. The number of carbonyl (C=O) groups is 2. The molecular formula is C20H23N3O4S. The summed E-state index contributed by atoms with van der Waals surface area (Å²) in [5.74, 6) is -0.696. The van der Waals surface area contributed by atoms with Gasteiger partial charge < -0.3 is 10.2 Å². The van der Waals surface area contributed by atoms with Crippen LogP contribution in [0.25, 0.3) is 0 Å². The van der Waals surface area contributed by atoms with Gasteiger partial charge in [0.1, 0.15) is 0 Å². The van der Waals surface area contributed by atoms with E-state index < -0.39 is 15.9 Å². The van der Waals surface area contributed by atoms with Gasteiger partial charge in [0.2, 0.25) is 21.8 Å². The molecule has 2 aromatic rings. The predicted molar refractivity (Wildman–Crippen MR) is 105 cm³/mol. The highest BCUT2D eigenvalue weighted by atomic mass is 32.2. The minimum atomic E-state index is -3.59. The van der Waals surface area contributed by atoms with Crippen molar-refractivity contribution >= 4 is 21.8 Å². The Morgan fingerprint density at radius 1 is 1.00 bits per heavy atom. The van der Waals surface area contributed by atoms with E-state index in [-0.39, 0.29) is 36.2 Å². The molecule has 1 heterocycles. The van der Waals surface area contributed by atoms with E-state index in [1.165, 1.54) is 12.1 Å². The van der Waals surface area contributed by atoms with Gasteiger partial charge in [0.15, 0.2) is 0 Å². The first-order valence-electron chi connectivity index (χ1n) is 9.10. The summed E-state index contributed by atoms with van der Waals surface area (Å²) in [4.78, 5) is 26.3. The van der Waals surface area contributed by atoms with Gasteiger partial charge in [-0.15, -0.1) is 0 Å². The Hall–Kier alpha value is -2.71. The van der Waals surface area contributed by atoms with Gasteiger partial charge in [0.25, 0.3) is 0 Å². The number of hydrogen-bond acceptors (Lipinski definition) is 4. The monoisotopic (exact) mass is 401 g/mol. The standard InChI is InChI=1S/C20H23N3O4S/c24-19-13-17(15-23(19)14-16-7-3-1-4-8-16)20(25)21-11-12-22-28(26,27)18-9-5-2-6-10-18/h1-10,17,22H,11-15H2,(H,21,25). The fraction of sp³-hybridized carbons (Fsp3) is 0.300. The number of nitrogens with zero attached hydrogens (tertiary/aromatic N) is 1. The molecule has 0 aliphatic carbocycles. The molecular weight excluding hydrogens is 378 g/mol. The number of amides is 2. The van der Waals surface area contributed by atoms with Crippen LogP contribution in [0.15, 0.2) is 65.6 Å². The van der Waals surface area contributed by atoms with Gasteiger partial charge in [-0.05, 0) is 17.7 Å². The Morgan fingerprint density at radius 2 is 1.64 bits per heavy atom. The molecule has 1 unspecified atom stereocenters. The summed E-state index contributed by atoms with van der Waals surface area (Å²) in [5, 5.41) is 2.71. The van der Waals surface area contributed by atoms with Crippen LogP contribution >= 0.6 is 0 Å². The van der Waals surface area contributed by atoms with Crippen molar-refractivity contribution in [2.75, 3.05) is 19.6 Å². The normalized spacial score (nSPS) is 16.9. The van der Waals surface area contributed by atoms with Crippen molar-refractivity contribution in [3.63, 3.8) is 0 Å². The Balaban J connectivity index is 1.43. The molecule has 0 aromatic heterocycles. The molecule has 2 N–H and O–H groups in total. The molecule has 2 amide bonds. The number of benzene rings is 2. The number of hydrogen-bond donors (Lipinski definition) is 2. The highest BCUT2D eigenvalue weighted by Gasteiger charge is 2.34. The van der Waals surface area contributed by atoms with E-state index in [9.17, 15) is 18.0 Å². The Morgan fingerprint density at radius 3 is 2.32 bits per heavy atom. The molecule has 1 atom stereocenters. The maximum absolute atomic E-state index is 12.3. The lowest BCUT2D eigenvalue weighted by Gasteiger charge is -2.16. The van der Waals surface area contributed by atoms with Gasteiger partial charge in [-0.2, -0.15) is 0 Å². The molecule has 0 saturated carbocycles. The van der Waals surface area contributed by atoms with Gasteiger partial charge in [-0.25, -0.2) is 13.1 Å². The minimum absolute atomic E-state index is 0.0474. The molecule has 2 aromatic carbocycles.